The van der Waals surface area contributed by atoms with Crippen LogP contribution in [0.15, 0.2) is 69.2 Å². The lowest BCUT2D eigenvalue weighted by Crippen LogP contribution is -2.27. The van der Waals surface area contributed by atoms with E-state index in [1.807, 2.05) is 55.5 Å². The smallest absolute Gasteiger partial charge is 0.265 e. The Balaban J connectivity index is 1.45. The molecular formula is C22H18BrN5O2S. The van der Waals surface area contributed by atoms with Crippen LogP contribution in [0.5, 0.6) is 0 Å². The summed E-state index contributed by atoms with van der Waals surface area (Å²) >= 11 is 4.87. The molecule has 1 atom stereocenters. The molecule has 0 saturated carbocycles. The van der Waals surface area contributed by atoms with Gasteiger partial charge in [0.1, 0.15) is 5.39 Å². The monoisotopic (exact) mass is 495 g/mol. The molecule has 0 aliphatic carbocycles. The van der Waals surface area contributed by atoms with Gasteiger partial charge in [-0.05, 0) is 42.8 Å². The number of amides is 1. The number of thioether (sulfide) groups is 1. The topological polar surface area (TPSA) is 81.8 Å². The molecule has 0 bridgehead atoms. The van der Waals surface area contributed by atoms with Gasteiger partial charge in [-0.3, -0.25) is 14.2 Å². The molecule has 3 heterocycles. The highest BCUT2D eigenvalue weighted by atomic mass is 79.9. The van der Waals surface area contributed by atoms with Crippen LogP contribution in [-0.2, 0) is 4.79 Å². The first-order valence-corrected chi connectivity index (χ1v) is 11.5. The lowest BCUT2D eigenvalue weighted by atomic mass is 10.2. The molecule has 0 radical (unpaired) electrons. The number of aromatic nitrogens is 4. The van der Waals surface area contributed by atoms with Crippen LogP contribution >= 0.6 is 27.7 Å². The highest BCUT2D eigenvalue weighted by Gasteiger charge is 2.29. The van der Waals surface area contributed by atoms with E-state index in [0.29, 0.717) is 21.9 Å². The van der Waals surface area contributed by atoms with Gasteiger partial charge in [0.2, 0.25) is 5.91 Å². The second-order valence-corrected chi connectivity index (χ2v) is 9.28. The van der Waals surface area contributed by atoms with Gasteiger partial charge in [-0.1, -0.05) is 45.9 Å². The third-order valence-corrected chi connectivity index (χ3v) is 6.89. The van der Waals surface area contributed by atoms with Crippen LogP contribution in [0.4, 0.5) is 5.69 Å². The first kappa shape index (κ1) is 20.0. The van der Waals surface area contributed by atoms with E-state index in [-0.39, 0.29) is 23.9 Å². The predicted octanol–water partition coefficient (Wildman–Crippen LogP) is 4.33. The number of aryl methyl sites for hydroxylation is 1. The highest BCUT2D eigenvalue weighted by Crippen LogP contribution is 2.33. The number of carbonyl (C=O) groups excluding carboxylic acids is 1. The molecule has 1 amide bonds. The fraction of sp³-hybridized carbons (Fsp3) is 0.182. The van der Waals surface area contributed by atoms with E-state index < -0.39 is 0 Å². The largest absolute Gasteiger partial charge is 0.326 e. The summed E-state index contributed by atoms with van der Waals surface area (Å²) in [5.74, 6) is 0.490. The second kappa shape index (κ2) is 7.97. The number of para-hydroxylation sites is 1. The molecule has 1 aliphatic heterocycles. The van der Waals surface area contributed by atoms with Gasteiger partial charge in [-0.15, -0.1) is 0 Å². The number of carbonyl (C=O) groups is 1. The van der Waals surface area contributed by atoms with Crippen molar-refractivity contribution in [2.45, 2.75) is 24.5 Å². The third-order valence-electron chi connectivity index (χ3n) is 5.26. The maximum Gasteiger partial charge on any atom is 0.265 e. The quantitative estimate of drug-likeness (QED) is 0.426. The summed E-state index contributed by atoms with van der Waals surface area (Å²) in [5.41, 5.74) is 3.04. The molecule has 1 aliphatic rings. The van der Waals surface area contributed by atoms with Crippen molar-refractivity contribution in [1.29, 1.82) is 0 Å². The van der Waals surface area contributed by atoms with Crippen molar-refractivity contribution in [2.75, 3.05) is 11.1 Å². The van der Waals surface area contributed by atoms with Crippen LogP contribution in [0.1, 0.15) is 18.0 Å². The summed E-state index contributed by atoms with van der Waals surface area (Å²) in [6.07, 6.45) is 1.77. The number of anilines is 1. The van der Waals surface area contributed by atoms with Crippen molar-refractivity contribution in [3.8, 4) is 5.69 Å². The van der Waals surface area contributed by atoms with Crippen molar-refractivity contribution < 1.29 is 4.79 Å². The zero-order valence-corrected chi connectivity index (χ0v) is 19.0. The minimum atomic E-state index is -0.248. The SMILES string of the molecule is Cc1ccccc1-n1ncc2c(=O)n3c(nc21)SCC3CC(=O)Nc1ccc(Br)cc1. The number of hydrogen-bond donors (Lipinski definition) is 1. The summed E-state index contributed by atoms with van der Waals surface area (Å²) in [7, 11) is 0. The van der Waals surface area contributed by atoms with Crippen molar-refractivity contribution >= 4 is 50.3 Å². The van der Waals surface area contributed by atoms with Gasteiger partial charge in [0, 0.05) is 22.3 Å². The fourth-order valence-electron chi connectivity index (χ4n) is 3.72. The van der Waals surface area contributed by atoms with Gasteiger partial charge in [-0.2, -0.15) is 5.10 Å². The van der Waals surface area contributed by atoms with Crippen LogP contribution in [0.3, 0.4) is 0 Å². The lowest BCUT2D eigenvalue weighted by molar-refractivity contribution is -0.116. The van der Waals surface area contributed by atoms with E-state index in [1.165, 1.54) is 11.8 Å². The molecule has 1 N–H and O–H groups in total. The molecule has 9 heteroatoms. The van der Waals surface area contributed by atoms with Crippen LogP contribution in [0.25, 0.3) is 16.7 Å². The zero-order valence-electron chi connectivity index (χ0n) is 16.6. The zero-order chi connectivity index (χ0) is 21.5. The number of nitrogens with one attached hydrogen (secondary N) is 1. The summed E-state index contributed by atoms with van der Waals surface area (Å²) in [5, 5.41) is 8.39. The molecule has 31 heavy (non-hydrogen) atoms. The van der Waals surface area contributed by atoms with Gasteiger partial charge < -0.3 is 5.32 Å². The number of hydrogen-bond acceptors (Lipinski definition) is 5. The average molecular weight is 496 g/mol. The normalized spacial score (nSPS) is 15.2. The van der Waals surface area contributed by atoms with Crippen LogP contribution < -0.4 is 10.9 Å². The van der Waals surface area contributed by atoms with Crippen LogP contribution in [0, 0.1) is 6.92 Å². The lowest BCUT2D eigenvalue weighted by Gasteiger charge is -2.13. The summed E-state index contributed by atoms with van der Waals surface area (Å²) < 4.78 is 4.29. The van der Waals surface area contributed by atoms with Gasteiger partial charge in [0.25, 0.3) is 5.56 Å². The van der Waals surface area contributed by atoms with E-state index >= 15 is 0 Å². The second-order valence-electron chi connectivity index (χ2n) is 7.37. The van der Waals surface area contributed by atoms with E-state index in [1.54, 1.807) is 15.4 Å². The maximum atomic E-state index is 13.3. The average Bonchev–Trinajstić information content (AvgIpc) is 3.35. The Hall–Kier alpha value is -2.91. The molecular weight excluding hydrogens is 478 g/mol. The van der Waals surface area contributed by atoms with E-state index in [2.05, 4.69) is 26.3 Å². The maximum absolute atomic E-state index is 13.3. The van der Waals surface area contributed by atoms with E-state index in [0.717, 1.165) is 21.4 Å². The molecule has 0 saturated heterocycles. The van der Waals surface area contributed by atoms with Gasteiger partial charge in [0.15, 0.2) is 10.8 Å². The first-order chi connectivity index (χ1) is 15.0. The Bertz CT molecular complexity index is 1360. The number of fused-ring (bicyclic) bond motifs is 2. The van der Waals surface area contributed by atoms with Crippen molar-refractivity contribution in [1.82, 2.24) is 19.3 Å². The molecule has 1 unspecified atom stereocenters. The number of benzene rings is 2. The minimum Gasteiger partial charge on any atom is -0.326 e. The minimum absolute atomic E-state index is 0.136. The Morgan fingerprint density at radius 3 is 2.77 bits per heavy atom. The summed E-state index contributed by atoms with van der Waals surface area (Å²) in [6, 6.07) is 15.0. The Labute approximate surface area is 190 Å². The number of rotatable bonds is 4. The first-order valence-electron chi connectivity index (χ1n) is 9.76. The Morgan fingerprint density at radius 1 is 1.23 bits per heavy atom. The van der Waals surface area contributed by atoms with Crippen LogP contribution in [-0.4, -0.2) is 31.0 Å². The van der Waals surface area contributed by atoms with Gasteiger partial charge >= 0.3 is 0 Å². The van der Waals surface area contributed by atoms with Gasteiger partial charge in [-0.25, -0.2) is 9.67 Å². The standard InChI is InChI=1S/C22H18BrN5O2S/c1-13-4-2-3-5-18(13)28-20-17(11-24-28)21(30)27-16(12-31-22(27)26-20)10-19(29)25-15-8-6-14(23)7-9-15/h2-9,11,16H,10,12H2,1H3,(H,25,29). The van der Waals surface area contributed by atoms with Crippen molar-refractivity contribution in [2.24, 2.45) is 0 Å². The van der Waals surface area contributed by atoms with Gasteiger partial charge in [0.05, 0.1) is 17.9 Å². The molecule has 2 aromatic heterocycles. The van der Waals surface area contributed by atoms with Crippen molar-refractivity contribution in [3.63, 3.8) is 0 Å². The third kappa shape index (κ3) is 3.68. The Kier molecular flexibility index (Phi) is 5.15. The molecule has 2 aromatic carbocycles. The van der Waals surface area contributed by atoms with E-state index in [4.69, 9.17) is 4.98 Å². The summed E-state index contributed by atoms with van der Waals surface area (Å²) in [6.45, 7) is 2.00. The Morgan fingerprint density at radius 2 is 2.00 bits per heavy atom. The molecule has 0 spiro atoms. The molecule has 156 valence electrons. The van der Waals surface area contributed by atoms with Crippen molar-refractivity contribution in [3.05, 3.63) is 75.1 Å². The molecule has 5 rings (SSSR count). The molecule has 7 nitrogen and oxygen atoms in total. The van der Waals surface area contributed by atoms with E-state index in [9.17, 15) is 9.59 Å². The number of nitrogens with zero attached hydrogens (tertiary/aromatic N) is 4. The fourth-order valence-corrected chi connectivity index (χ4v) is 5.11. The van der Waals surface area contributed by atoms with Crippen LogP contribution in [0.2, 0.25) is 0 Å². The molecule has 4 aromatic rings. The molecule has 0 fully saturated rings. The predicted molar refractivity (Wildman–Crippen MR) is 125 cm³/mol. The number of halogens is 1. The summed E-state index contributed by atoms with van der Waals surface area (Å²) in [4.78, 5) is 30.6. The highest BCUT2D eigenvalue weighted by molar-refractivity contribution is 9.10.